The molecule has 0 aliphatic carbocycles. The minimum Gasteiger partial charge on any atom is -0.508 e. The lowest BCUT2D eigenvalue weighted by atomic mass is 10.2. The molecule has 5 heteroatoms. The molecular weight excluding hydrogens is 402 g/mol. The average Bonchev–Trinajstić information content (AvgIpc) is 2.64. The summed E-state index contributed by atoms with van der Waals surface area (Å²) in [4.78, 5) is 2.09. The third-order valence-electron chi connectivity index (χ3n) is 3.63. The molecule has 0 amide bonds. The second kappa shape index (κ2) is 8.28. The van der Waals surface area contributed by atoms with Gasteiger partial charge in [-0.05, 0) is 72.8 Å². The SMILES string of the molecule is Oc1ccc(N(c2ccc(Cl)cc2)c2ccc(OCCBr)cc2)cc1. The minimum atomic E-state index is 0.235. The number of hydrogen-bond donors (Lipinski definition) is 1. The third-order valence-corrected chi connectivity index (χ3v) is 4.21. The summed E-state index contributed by atoms with van der Waals surface area (Å²) >= 11 is 9.38. The first-order valence-electron chi connectivity index (χ1n) is 7.81. The number of phenols is 1. The van der Waals surface area contributed by atoms with Gasteiger partial charge in [-0.1, -0.05) is 27.5 Å². The Labute approximate surface area is 160 Å². The van der Waals surface area contributed by atoms with E-state index in [1.807, 2.05) is 60.7 Å². The van der Waals surface area contributed by atoms with Gasteiger partial charge in [-0.3, -0.25) is 0 Å². The summed E-state index contributed by atoms with van der Waals surface area (Å²) in [6, 6.07) is 22.6. The van der Waals surface area contributed by atoms with Crippen LogP contribution in [0.1, 0.15) is 0 Å². The lowest BCUT2D eigenvalue weighted by molar-refractivity contribution is 0.345. The normalized spacial score (nSPS) is 10.5. The van der Waals surface area contributed by atoms with Gasteiger partial charge in [-0.15, -0.1) is 0 Å². The Morgan fingerprint density at radius 1 is 0.800 bits per heavy atom. The minimum absolute atomic E-state index is 0.235. The predicted molar refractivity (Wildman–Crippen MR) is 107 cm³/mol. The molecule has 3 rings (SSSR count). The van der Waals surface area contributed by atoms with E-state index in [1.54, 1.807) is 12.1 Å². The maximum Gasteiger partial charge on any atom is 0.119 e. The maximum atomic E-state index is 9.58. The molecule has 0 bridgehead atoms. The second-order valence-electron chi connectivity index (χ2n) is 5.36. The fourth-order valence-corrected chi connectivity index (χ4v) is 2.77. The van der Waals surface area contributed by atoms with E-state index < -0.39 is 0 Å². The molecule has 0 saturated heterocycles. The Bertz CT molecular complexity index is 759. The fourth-order valence-electron chi connectivity index (χ4n) is 2.49. The predicted octanol–water partition coefficient (Wildman–Crippen LogP) is 6.29. The number of alkyl halides is 1. The molecule has 0 aliphatic heterocycles. The highest BCUT2D eigenvalue weighted by Gasteiger charge is 2.12. The van der Waals surface area contributed by atoms with Gasteiger partial charge in [-0.2, -0.15) is 0 Å². The Morgan fingerprint density at radius 3 is 1.80 bits per heavy atom. The van der Waals surface area contributed by atoms with Gasteiger partial charge in [0.05, 0.1) is 6.61 Å². The molecule has 1 N–H and O–H groups in total. The molecule has 3 aromatic carbocycles. The first kappa shape index (κ1) is 17.6. The van der Waals surface area contributed by atoms with Crippen LogP contribution in [0.15, 0.2) is 72.8 Å². The van der Waals surface area contributed by atoms with Crippen LogP contribution in [0.25, 0.3) is 0 Å². The van der Waals surface area contributed by atoms with E-state index in [1.165, 1.54) is 0 Å². The Morgan fingerprint density at radius 2 is 1.28 bits per heavy atom. The molecule has 0 aromatic heterocycles. The van der Waals surface area contributed by atoms with E-state index in [4.69, 9.17) is 16.3 Å². The zero-order valence-corrected chi connectivity index (χ0v) is 15.7. The van der Waals surface area contributed by atoms with Crippen molar-refractivity contribution in [3.8, 4) is 11.5 Å². The van der Waals surface area contributed by atoms with Crippen molar-refractivity contribution in [3.05, 3.63) is 77.8 Å². The lowest BCUT2D eigenvalue weighted by Gasteiger charge is -2.25. The van der Waals surface area contributed by atoms with E-state index in [2.05, 4.69) is 20.8 Å². The zero-order valence-electron chi connectivity index (χ0n) is 13.4. The van der Waals surface area contributed by atoms with E-state index >= 15 is 0 Å². The number of phenolic OH excluding ortho intramolecular Hbond substituents is 1. The third kappa shape index (κ3) is 4.47. The summed E-state index contributed by atoms with van der Waals surface area (Å²) in [7, 11) is 0. The topological polar surface area (TPSA) is 32.7 Å². The van der Waals surface area contributed by atoms with Crippen molar-refractivity contribution in [2.75, 3.05) is 16.8 Å². The van der Waals surface area contributed by atoms with Crippen molar-refractivity contribution in [1.29, 1.82) is 0 Å². The van der Waals surface area contributed by atoms with Crippen LogP contribution in [0.4, 0.5) is 17.1 Å². The van der Waals surface area contributed by atoms with Crippen LogP contribution in [-0.2, 0) is 0 Å². The van der Waals surface area contributed by atoms with Crippen molar-refractivity contribution in [1.82, 2.24) is 0 Å². The first-order valence-corrected chi connectivity index (χ1v) is 9.31. The van der Waals surface area contributed by atoms with Crippen LogP contribution >= 0.6 is 27.5 Å². The standard InChI is InChI=1S/C20H17BrClNO2/c21-13-14-25-20-11-7-18(8-12-20)23(16-3-1-15(22)2-4-16)17-5-9-19(24)10-6-17/h1-12,24H,13-14H2. The van der Waals surface area contributed by atoms with E-state index in [-0.39, 0.29) is 5.75 Å². The number of hydrogen-bond acceptors (Lipinski definition) is 3. The Kier molecular flexibility index (Phi) is 5.84. The molecule has 0 spiro atoms. The summed E-state index contributed by atoms with van der Waals surface area (Å²) < 4.78 is 5.62. The maximum absolute atomic E-state index is 9.58. The van der Waals surface area contributed by atoms with E-state index in [0.29, 0.717) is 11.6 Å². The highest BCUT2D eigenvalue weighted by atomic mass is 79.9. The van der Waals surface area contributed by atoms with Crippen molar-refractivity contribution in [2.45, 2.75) is 0 Å². The van der Waals surface area contributed by atoms with Crippen LogP contribution in [0.3, 0.4) is 0 Å². The first-order chi connectivity index (χ1) is 12.2. The number of nitrogens with zero attached hydrogens (tertiary/aromatic N) is 1. The van der Waals surface area contributed by atoms with Crippen molar-refractivity contribution < 1.29 is 9.84 Å². The Hall–Kier alpha value is -2.17. The molecule has 0 saturated carbocycles. The van der Waals surface area contributed by atoms with Gasteiger partial charge >= 0.3 is 0 Å². The average molecular weight is 419 g/mol. The highest BCUT2D eigenvalue weighted by molar-refractivity contribution is 9.09. The molecule has 3 nitrogen and oxygen atoms in total. The summed E-state index contributed by atoms with van der Waals surface area (Å²) in [6.45, 7) is 0.623. The molecule has 0 atom stereocenters. The zero-order chi connectivity index (χ0) is 17.6. The van der Waals surface area contributed by atoms with Crippen LogP contribution in [0, 0.1) is 0 Å². The molecule has 128 valence electrons. The molecular formula is C20H17BrClNO2. The molecule has 0 unspecified atom stereocenters. The molecule has 0 aliphatic rings. The highest BCUT2D eigenvalue weighted by Crippen LogP contribution is 2.36. The van der Waals surface area contributed by atoms with Crippen LogP contribution in [0.2, 0.25) is 5.02 Å². The quantitative estimate of drug-likeness (QED) is 0.478. The fraction of sp³-hybridized carbons (Fsp3) is 0.100. The van der Waals surface area contributed by atoms with Gasteiger partial charge in [0.2, 0.25) is 0 Å². The van der Waals surface area contributed by atoms with Gasteiger partial charge in [0.25, 0.3) is 0 Å². The van der Waals surface area contributed by atoms with Gasteiger partial charge in [-0.25, -0.2) is 0 Å². The summed E-state index contributed by atoms with van der Waals surface area (Å²) in [6.07, 6.45) is 0. The van der Waals surface area contributed by atoms with Crippen molar-refractivity contribution in [3.63, 3.8) is 0 Å². The molecule has 0 heterocycles. The number of benzene rings is 3. The lowest BCUT2D eigenvalue weighted by Crippen LogP contribution is -2.09. The number of rotatable bonds is 6. The van der Waals surface area contributed by atoms with Crippen LogP contribution in [0.5, 0.6) is 11.5 Å². The van der Waals surface area contributed by atoms with E-state index in [9.17, 15) is 5.11 Å². The second-order valence-corrected chi connectivity index (χ2v) is 6.59. The monoisotopic (exact) mass is 417 g/mol. The Balaban J connectivity index is 1.98. The van der Waals surface area contributed by atoms with Crippen LogP contribution < -0.4 is 9.64 Å². The molecule has 0 radical (unpaired) electrons. The van der Waals surface area contributed by atoms with E-state index in [0.717, 1.165) is 28.1 Å². The summed E-state index contributed by atoms with van der Waals surface area (Å²) in [5.74, 6) is 1.06. The number of aromatic hydroxyl groups is 1. The molecule has 25 heavy (non-hydrogen) atoms. The van der Waals surface area contributed by atoms with Crippen molar-refractivity contribution in [2.24, 2.45) is 0 Å². The van der Waals surface area contributed by atoms with Crippen molar-refractivity contribution >= 4 is 44.6 Å². The summed E-state index contributed by atoms with van der Waals surface area (Å²) in [5, 5.41) is 11.1. The van der Waals surface area contributed by atoms with Gasteiger partial charge in [0.15, 0.2) is 0 Å². The molecule has 3 aromatic rings. The number of anilines is 3. The van der Waals surface area contributed by atoms with Crippen LogP contribution in [-0.4, -0.2) is 17.0 Å². The number of halogens is 2. The summed E-state index contributed by atoms with van der Waals surface area (Å²) in [5.41, 5.74) is 2.90. The van der Waals surface area contributed by atoms with Gasteiger partial charge in [0.1, 0.15) is 11.5 Å². The number of ether oxygens (including phenoxy) is 1. The van der Waals surface area contributed by atoms with Gasteiger partial charge < -0.3 is 14.7 Å². The molecule has 0 fully saturated rings. The largest absolute Gasteiger partial charge is 0.508 e. The van der Waals surface area contributed by atoms with Gasteiger partial charge in [0, 0.05) is 27.4 Å². The smallest absolute Gasteiger partial charge is 0.119 e.